The van der Waals surface area contributed by atoms with E-state index in [1.807, 2.05) is 0 Å². The number of hydrogen-bond donors (Lipinski definition) is 3. The lowest BCUT2D eigenvalue weighted by Gasteiger charge is -2.26. The molecule has 1 heterocycles. The van der Waals surface area contributed by atoms with Crippen molar-refractivity contribution in [3.05, 3.63) is 24.3 Å². The fourth-order valence-electron chi connectivity index (χ4n) is 2.07. The molecule has 0 unspecified atom stereocenters. The molecule has 1 aliphatic rings. The van der Waals surface area contributed by atoms with Crippen LogP contribution in [-0.2, 0) is 19.6 Å². The number of carbonyl (C=O) groups excluding carboxylic acids is 2. The van der Waals surface area contributed by atoms with Crippen molar-refractivity contribution in [3.8, 4) is 0 Å². The number of benzene rings is 1. The van der Waals surface area contributed by atoms with E-state index in [9.17, 15) is 18.0 Å². The molecule has 0 aliphatic carbocycles. The smallest absolute Gasteiger partial charge is 0.243 e. The maximum atomic E-state index is 12.5. The van der Waals surface area contributed by atoms with Crippen LogP contribution < -0.4 is 16.0 Å². The van der Waals surface area contributed by atoms with Crippen LogP contribution in [0.2, 0.25) is 0 Å². The molecule has 1 saturated heterocycles. The van der Waals surface area contributed by atoms with Gasteiger partial charge >= 0.3 is 0 Å². The average Bonchev–Trinajstić information content (AvgIpc) is 2.47. The van der Waals surface area contributed by atoms with Crippen LogP contribution in [0, 0.1) is 0 Å². The van der Waals surface area contributed by atoms with Gasteiger partial charge in [-0.3, -0.25) is 9.59 Å². The Morgan fingerprint density at radius 3 is 2.86 bits per heavy atom. The minimum Gasteiger partial charge on any atom is -0.354 e. The summed E-state index contributed by atoms with van der Waals surface area (Å²) in [7, 11) is -2.12. The molecule has 9 heteroatoms. The Morgan fingerprint density at radius 2 is 2.18 bits per heavy atom. The van der Waals surface area contributed by atoms with Gasteiger partial charge in [-0.15, -0.1) is 0 Å². The first kappa shape index (κ1) is 16.4. The van der Waals surface area contributed by atoms with E-state index in [1.54, 1.807) is 19.2 Å². The molecule has 2 rings (SSSR count). The molecule has 0 spiro atoms. The first-order valence-electron chi connectivity index (χ1n) is 6.75. The van der Waals surface area contributed by atoms with Crippen molar-refractivity contribution < 1.29 is 18.0 Å². The summed E-state index contributed by atoms with van der Waals surface area (Å²) in [5.41, 5.74) is 0.391. The van der Waals surface area contributed by atoms with Gasteiger partial charge in [0.2, 0.25) is 21.8 Å². The number of anilines is 1. The second kappa shape index (κ2) is 6.86. The first-order valence-corrected chi connectivity index (χ1v) is 8.19. The monoisotopic (exact) mass is 326 g/mol. The molecule has 2 amide bonds. The van der Waals surface area contributed by atoms with Crippen LogP contribution in [0.15, 0.2) is 29.2 Å². The molecule has 3 N–H and O–H groups in total. The number of nitrogens with one attached hydrogen (secondary N) is 3. The molecule has 8 nitrogen and oxygen atoms in total. The summed E-state index contributed by atoms with van der Waals surface area (Å²) in [6, 6.07) is 5.98. The number of amides is 2. The van der Waals surface area contributed by atoms with E-state index in [4.69, 9.17) is 0 Å². The maximum Gasteiger partial charge on any atom is 0.243 e. The summed E-state index contributed by atoms with van der Waals surface area (Å²) in [5.74, 6) is -0.595. The Bertz CT molecular complexity index is 674. The lowest BCUT2D eigenvalue weighted by molar-refractivity contribution is -0.122. The summed E-state index contributed by atoms with van der Waals surface area (Å²) < 4.78 is 26.2. The SMILES string of the molecule is CNCC(=O)Nc1cccc(S(=O)(=O)N2CCNC(=O)C2)c1. The molecule has 0 bridgehead atoms. The average molecular weight is 326 g/mol. The van der Waals surface area contributed by atoms with Crippen molar-refractivity contribution in [1.82, 2.24) is 14.9 Å². The third kappa shape index (κ3) is 3.81. The van der Waals surface area contributed by atoms with Crippen LogP contribution in [-0.4, -0.2) is 57.8 Å². The number of nitrogens with zero attached hydrogens (tertiary/aromatic N) is 1. The third-order valence-corrected chi connectivity index (χ3v) is 4.94. The standard InChI is InChI=1S/C13H18N4O4S/c1-14-8-12(18)16-10-3-2-4-11(7-10)22(20,21)17-6-5-15-13(19)9-17/h2-4,7,14H,5-6,8-9H2,1H3,(H,15,19)(H,16,18). The van der Waals surface area contributed by atoms with E-state index >= 15 is 0 Å². The predicted octanol–water partition coefficient (Wildman–Crippen LogP) is -1.03. The van der Waals surface area contributed by atoms with Gasteiger partial charge < -0.3 is 16.0 Å². The molecule has 1 aromatic rings. The second-order valence-corrected chi connectivity index (χ2v) is 6.73. The Morgan fingerprint density at radius 1 is 1.41 bits per heavy atom. The van der Waals surface area contributed by atoms with Gasteiger partial charge in [0, 0.05) is 18.8 Å². The summed E-state index contributed by atoms with van der Waals surface area (Å²) in [6.07, 6.45) is 0. The maximum absolute atomic E-state index is 12.5. The van der Waals surface area contributed by atoms with Gasteiger partial charge in [-0.05, 0) is 25.2 Å². The summed E-state index contributed by atoms with van der Waals surface area (Å²) in [5, 5.41) is 7.89. The van der Waals surface area contributed by atoms with Gasteiger partial charge in [-0.2, -0.15) is 4.31 Å². The quantitative estimate of drug-likeness (QED) is 0.641. The lowest BCUT2D eigenvalue weighted by atomic mass is 10.3. The predicted molar refractivity (Wildman–Crippen MR) is 80.8 cm³/mol. The van der Waals surface area contributed by atoms with E-state index in [0.29, 0.717) is 5.69 Å². The van der Waals surface area contributed by atoms with Crippen LogP contribution in [0.4, 0.5) is 5.69 Å². The molecule has 0 aromatic heterocycles. The van der Waals surface area contributed by atoms with Crippen LogP contribution in [0.3, 0.4) is 0 Å². The molecule has 0 radical (unpaired) electrons. The first-order chi connectivity index (χ1) is 10.4. The highest BCUT2D eigenvalue weighted by molar-refractivity contribution is 7.89. The van der Waals surface area contributed by atoms with Gasteiger partial charge in [0.05, 0.1) is 18.0 Å². The highest BCUT2D eigenvalue weighted by Crippen LogP contribution is 2.20. The second-order valence-electron chi connectivity index (χ2n) is 4.79. The molecular formula is C13H18N4O4S. The van der Waals surface area contributed by atoms with Crippen molar-refractivity contribution in [1.29, 1.82) is 0 Å². The Hall–Kier alpha value is -1.97. The molecular weight excluding hydrogens is 308 g/mol. The fraction of sp³-hybridized carbons (Fsp3) is 0.385. The van der Waals surface area contributed by atoms with E-state index < -0.39 is 10.0 Å². The van der Waals surface area contributed by atoms with E-state index in [1.165, 1.54) is 12.1 Å². The van der Waals surface area contributed by atoms with Gasteiger partial charge in [0.15, 0.2) is 0 Å². The number of piperazine rings is 1. The largest absolute Gasteiger partial charge is 0.354 e. The van der Waals surface area contributed by atoms with Gasteiger partial charge in [-0.25, -0.2) is 8.42 Å². The molecule has 1 aliphatic heterocycles. The zero-order valence-corrected chi connectivity index (χ0v) is 12.9. The molecule has 1 fully saturated rings. The number of rotatable bonds is 5. The fourth-order valence-corrected chi connectivity index (χ4v) is 3.51. The summed E-state index contributed by atoms with van der Waals surface area (Å²) in [4.78, 5) is 22.9. The van der Waals surface area contributed by atoms with E-state index in [2.05, 4.69) is 16.0 Å². The van der Waals surface area contributed by atoms with E-state index in [-0.39, 0.29) is 42.9 Å². The van der Waals surface area contributed by atoms with Crippen LogP contribution in [0.5, 0.6) is 0 Å². The number of likely N-dealkylation sites (N-methyl/N-ethyl adjacent to an activating group) is 1. The number of hydrogen-bond acceptors (Lipinski definition) is 5. The lowest BCUT2D eigenvalue weighted by Crippen LogP contribution is -2.49. The summed E-state index contributed by atoms with van der Waals surface area (Å²) in [6.45, 7) is 0.447. The Balaban J connectivity index is 2.20. The Kier molecular flexibility index (Phi) is 5.11. The van der Waals surface area contributed by atoms with Gasteiger partial charge in [0.1, 0.15) is 0 Å². The van der Waals surface area contributed by atoms with Gasteiger partial charge in [-0.1, -0.05) is 6.07 Å². The third-order valence-electron chi connectivity index (χ3n) is 3.10. The Labute approximate surface area is 128 Å². The van der Waals surface area contributed by atoms with Crippen molar-refractivity contribution >= 4 is 27.5 Å². The van der Waals surface area contributed by atoms with E-state index in [0.717, 1.165) is 4.31 Å². The molecule has 120 valence electrons. The zero-order valence-electron chi connectivity index (χ0n) is 12.1. The highest BCUT2D eigenvalue weighted by atomic mass is 32.2. The number of sulfonamides is 1. The van der Waals surface area contributed by atoms with Crippen LogP contribution in [0.1, 0.15) is 0 Å². The van der Waals surface area contributed by atoms with Gasteiger partial charge in [0.25, 0.3) is 0 Å². The van der Waals surface area contributed by atoms with Crippen LogP contribution >= 0.6 is 0 Å². The van der Waals surface area contributed by atoms with Crippen LogP contribution in [0.25, 0.3) is 0 Å². The number of carbonyl (C=O) groups is 2. The molecule has 0 atom stereocenters. The topological polar surface area (TPSA) is 108 Å². The van der Waals surface area contributed by atoms with Crippen molar-refractivity contribution in [2.24, 2.45) is 0 Å². The minimum absolute atomic E-state index is 0.0458. The normalized spacial score (nSPS) is 16.1. The molecule has 1 aromatic carbocycles. The highest BCUT2D eigenvalue weighted by Gasteiger charge is 2.29. The zero-order chi connectivity index (χ0) is 16.2. The summed E-state index contributed by atoms with van der Waals surface area (Å²) >= 11 is 0. The minimum atomic E-state index is -3.76. The molecule has 22 heavy (non-hydrogen) atoms. The van der Waals surface area contributed by atoms with Crippen molar-refractivity contribution in [2.45, 2.75) is 4.90 Å². The van der Waals surface area contributed by atoms with Crippen molar-refractivity contribution in [3.63, 3.8) is 0 Å². The molecule has 0 saturated carbocycles. The van der Waals surface area contributed by atoms with Crippen molar-refractivity contribution in [2.75, 3.05) is 38.5 Å².